The Morgan fingerprint density at radius 3 is 2.68 bits per heavy atom. The summed E-state index contributed by atoms with van der Waals surface area (Å²) in [6.07, 6.45) is 3.35. The van der Waals surface area contributed by atoms with Gasteiger partial charge in [-0.3, -0.25) is 4.79 Å². The van der Waals surface area contributed by atoms with Gasteiger partial charge in [0.05, 0.1) is 0 Å². The average Bonchev–Trinajstić information content (AvgIpc) is 3.28. The highest BCUT2D eigenvalue weighted by molar-refractivity contribution is 5.94. The minimum Gasteiger partial charge on any atom is -0.439 e. The molecule has 0 bridgehead atoms. The van der Waals surface area contributed by atoms with Crippen molar-refractivity contribution in [2.45, 2.75) is 0 Å². The van der Waals surface area contributed by atoms with Crippen molar-refractivity contribution in [3.05, 3.63) is 72.7 Å². The number of carbonyl (C=O) groups excluding carboxylic acids is 1. The maximum atomic E-state index is 12.6. The van der Waals surface area contributed by atoms with Gasteiger partial charge in [-0.05, 0) is 48.5 Å². The van der Waals surface area contributed by atoms with Crippen molar-refractivity contribution in [2.24, 2.45) is 0 Å². The SMILES string of the molecule is O=C(c1ccc(Nc2cc(Oc3ccc4[nH]ccc4c3)ncn2)cc1)N1CCNCC1. The second-order valence-electron chi connectivity index (χ2n) is 7.31. The minimum atomic E-state index is 0.0603. The molecule has 31 heavy (non-hydrogen) atoms. The number of piperazine rings is 1. The summed E-state index contributed by atoms with van der Waals surface area (Å²) in [5.41, 5.74) is 2.56. The molecule has 0 aliphatic carbocycles. The molecule has 156 valence electrons. The number of anilines is 2. The summed E-state index contributed by atoms with van der Waals surface area (Å²) in [5, 5.41) is 7.56. The highest BCUT2D eigenvalue weighted by Gasteiger charge is 2.17. The van der Waals surface area contributed by atoms with Crippen LogP contribution in [0.4, 0.5) is 11.5 Å². The Morgan fingerprint density at radius 1 is 1.00 bits per heavy atom. The summed E-state index contributed by atoms with van der Waals surface area (Å²) >= 11 is 0. The number of benzene rings is 2. The number of hydrogen-bond acceptors (Lipinski definition) is 6. The van der Waals surface area contributed by atoms with Gasteiger partial charge in [0, 0.05) is 60.6 Å². The topological polar surface area (TPSA) is 95.2 Å². The standard InChI is InChI=1S/C23H22N6O2/c30-23(29-11-9-24-10-12-29)16-1-3-18(4-2-16)28-21-14-22(27-15-26-21)31-19-5-6-20-17(13-19)7-8-25-20/h1-8,13-15,24-25H,9-12H2,(H,26,27,28). The number of H-pyrrole nitrogens is 1. The predicted octanol–water partition coefficient (Wildman–Crippen LogP) is 3.54. The third-order valence-corrected chi connectivity index (χ3v) is 5.20. The third kappa shape index (κ3) is 4.34. The molecule has 0 spiro atoms. The van der Waals surface area contributed by atoms with Crippen molar-refractivity contribution in [3.63, 3.8) is 0 Å². The van der Waals surface area contributed by atoms with Crippen LogP contribution in [0.5, 0.6) is 11.6 Å². The van der Waals surface area contributed by atoms with E-state index in [1.54, 1.807) is 6.07 Å². The lowest BCUT2D eigenvalue weighted by Crippen LogP contribution is -2.46. The number of nitrogens with zero attached hydrogens (tertiary/aromatic N) is 3. The lowest BCUT2D eigenvalue weighted by atomic mass is 10.1. The summed E-state index contributed by atoms with van der Waals surface area (Å²) < 4.78 is 5.89. The van der Waals surface area contributed by atoms with Crippen LogP contribution in [0.2, 0.25) is 0 Å². The van der Waals surface area contributed by atoms with Crippen LogP contribution < -0.4 is 15.4 Å². The summed E-state index contributed by atoms with van der Waals surface area (Å²) in [6, 6.07) is 16.9. The fourth-order valence-corrected chi connectivity index (χ4v) is 3.57. The first-order valence-electron chi connectivity index (χ1n) is 10.2. The Kier molecular flexibility index (Phi) is 5.20. The van der Waals surface area contributed by atoms with Crippen LogP contribution in [0.3, 0.4) is 0 Å². The van der Waals surface area contributed by atoms with Crippen molar-refractivity contribution in [3.8, 4) is 11.6 Å². The molecule has 1 fully saturated rings. The van der Waals surface area contributed by atoms with Crippen LogP contribution in [-0.2, 0) is 0 Å². The summed E-state index contributed by atoms with van der Waals surface area (Å²) in [4.78, 5) is 26.1. The molecule has 5 rings (SSSR count). The number of aromatic nitrogens is 3. The largest absolute Gasteiger partial charge is 0.439 e. The first kappa shape index (κ1) is 19.1. The van der Waals surface area contributed by atoms with Crippen LogP contribution in [0, 0.1) is 0 Å². The first-order chi connectivity index (χ1) is 15.2. The number of hydrogen-bond donors (Lipinski definition) is 3. The van der Waals surface area contributed by atoms with Crippen LogP contribution in [0.1, 0.15) is 10.4 Å². The van der Waals surface area contributed by atoms with Crippen molar-refractivity contribution in [2.75, 3.05) is 31.5 Å². The van der Waals surface area contributed by atoms with Gasteiger partial charge in [-0.25, -0.2) is 9.97 Å². The van der Waals surface area contributed by atoms with E-state index in [1.807, 2.05) is 59.6 Å². The van der Waals surface area contributed by atoms with E-state index in [0.717, 1.165) is 42.8 Å². The van der Waals surface area contributed by atoms with Gasteiger partial charge in [-0.1, -0.05) is 0 Å². The van der Waals surface area contributed by atoms with Crippen molar-refractivity contribution in [1.82, 2.24) is 25.2 Å². The molecule has 1 saturated heterocycles. The Labute approximate surface area is 179 Å². The van der Waals surface area contributed by atoms with Crippen molar-refractivity contribution >= 4 is 28.3 Å². The van der Waals surface area contributed by atoms with E-state index in [2.05, 4.69) is 25.6 Å². The molecule has 2 aromatic carbocycles. The smallest absolute Gasteiger partial charge is 0.253 e. The normalized spacial score (nSPS) is 13.9. The summed E-state index contributed by atoms with van der Waals surface area (Å²) in [7, 11) is 0. The molecule has 1 amide bonds. The fourth-order valence-electron chi connectivity index (χ4n) is 3.57. The van der Waals surface area contributed by atoms with E-state index < -0.39 is 0 Å². The zero-order valence-corrected chi connectivity index (χ0v) is 16.8. The molecule has 8 nitrogen and oxygen atoms in total. The Bertz CT molecular complexity index is 1200. The highest BCUT2D eigenvalue weighted by Crippen LogP contribution is 2.25. The number of carbonyl (C=O) groups is 1. The molecule has 3 N–H and O–H groups in total. The van der Waals surface area contributed by atoms with Gasteiger partial charge in [0.15, 0.2) is 0 Å². The van der Waals surface area contributed by atoms with E-state index in [-0.39, 0.29) is 5.91 Å². The molecule has 1 aliphatic heterocycles. The quantitative estimate of drug-likeness (QED) is 0.462. The lowest BCUT2D eigenvalue weighted by Gasteiger charge is -2.27. The van der Waals surface area contributed by atoms with Gasteiger partial charge in [0.2, 0.25) is 5.88 Å². The number of rotatable bonds is 5. The zero-order chi connectivity index (χ0) is 21.0. The molecular formula is C23H22N6O2. The van der Waals surface area contributed by atoms with E-state index in [1.165, 1.54) is 6.33 Å². The van der Waals surface area contributed by atoms with Crippen molar-refractivity contribution in [1.29, 1.82) is 0 Å². The van der Waals surface area contributed by atoms with E-state index >= 15 is 0 Å². The maximum absolute atomic E-state index is 12.6. The number of aromatic amines is 1. The molecule has 0 unspecified atom stereocenters. The Morgan fingerprint density at radius 2 is 1.84 bits per heavy atom. The summed E-state index contributed by atoms with van der Waals surface area (Å²) in [6.45, 7) is 3.14. The average molecular weight is 414 g/mol. The predicted molar refractivity (Wildman–Crippen MR) is 119 cm³/mol. The maximum Gasteiger partial charge on any atom is 0.253 e. The molecule has 0 radical (unpaired) electrons. The van der Waals surface area contributed by atoms with Gasteiger partial charge in [-0.15, -0.1) is 0 Å². The molecule has 2 aromatic heterocycles. The minimum absolute atomic E-state index is 0.0603. The molecule has 4 aromatic rings. The molecule has 8 heteroatoms. The van der Waals surface area contributed by atoms with Gasteiger partial charge >= 0.3 is 0 Å². The van der Waals surface area contributed by atoms with Crippen LogP contribution in [-0.4, -0.2) is 51.9 Å². The second-order valence-corrected chi connectivity index (χ2v) is 7.31. The van der Waals surface area contributed by atoms with E-state index in [0.29, 0.717) is 23.0 Å². The lowest BCUT2D eigenvalue weighted by molar-refractivity contribution is 0.0736. The van der Waals surface area contributed by atoms with Gasteiger partial charge in [0.25, 0.3) is 5.91 Å². The van der Waals surface area contributed by atoms with Crippen LogP contribution in [0.15, 0.2) is 67.1 Å². The molecule has 1 aliphatic rings. The number of amides is 1. The molecule has 3 heterocycles. The monoisotopic (exact) mass is 414 g/mol. The highest BCUT2D eigenvalue weighted by atomic mass is 16.5. The zero-order valence-electron chi connectivity index (χ0n) is 16.8. The number of nitrogens with one attached hydrogen (secondary N) is 3. The van der Waals surface area contributed by atoms with Gasteiger partial charge in [-0.2, -0.15) is 0 Å². The van der Waals surface area contributed by atoms with Crippen LogP contribution >= 0.6 is 0 Å². The van der Waals surface area contributed by atoms with Gasteiger partial charge < -0.3 is 25.3 Å². The van der Waals surface area contributed by atoms with E-state index in [4.69, 9.17) is 4.74 Å². The summed E-state index contributed by atoms with van der Waals surface area (Å²) in [5.74, 6) is 1.81. The Balaban J connectivity index is 1.26. The number of fused-ring (bicyclic) bond motifs is 1. The van der Waals surface area contributed by atoms with Crippen LogP contribution in [0.25, 0.3) is 10.9 Å². The Hall–Kier alpha value is -3.91. The second kappa shape index (κ2) is 8.45. The first-order valence-corrected chi connectivity index (χ1v) is 10.2. The fraction of sp³-hybridized carbons (Fsp3) is 0.174. The molecule has 0 saturated carbocycles. The third-order valence-electron chi connectivity index (χ3n) is 5.20. The number of ether oxygens (including phenoxy) is 1. The van der Waals surface area contributed by atoms with E-state index in [9.17, 15) is 4.79 Å². The molecule has 0 atom stereocenters. The van der Waals surface area contributed by atoms with Gasteiger partial charge in [0.1, 0.15) is 17.9 Å². The van der Waals surface area contributed by atoms with Crippen molar-refractivity contribution < 1.29 is 9.53 Å². The molecular weight excluding hydrogens is 392 g/mol.